The maximum atomic E-state index is 12.9. The average molecular weight is 377 g/mol. The van der Waals surface area contributed by atoms with Crippen LogP contribution >= 0.6 is 0 Å². The zero-order chi connectivity index (χ0) is 19.7. The van der Waals surface area contributed by atoms with Gasteiger partial charge in [0.25, 0.3) is 0 Å². The molecule has 1 aliphatic carbocycles. The highest BCUT2D eigenvalue weighted by Crippen LogP contribution is 2.45. The summed E-state index contributed by atoms with van der Waals surface area (Å²) in [4.78, 5) is 12.9. The Balaban J connectivity index is 1.63. The standard InChI is InChI=1S/C23H27N3O2/c1-23(2,3)28-22(27)26(18-7-5-4-6-8-18)25-17-11-12-21-20(15-17)19(13-14-24-21)16-9-10-16/h4-8,11-13,15-16,24-25H,9-10,14H2,1-3H3. The molecule has 0 unspecified atom stereocenters. The third-order valence-electron chi connectivity index (χ3n) is 4.79. The Labute approximate surface area is 166 Å². The van der Waals surface area contributed by atoms with Gasteiger partial charge in [-0.05, 0) is 75.4 Å². The number of nitrogens with zero attached hydrogens (tertiary/aromatic N) is 1. The van der Waals surface area contributed by atoms with Gasteiger partial charge in [0.2, 0.25) is 0 Å². The Bertz CT molecular complexity index is 896. The molecule has 2 aromatic rings. The van der Waals surface area contributed by atoms with Gasteiger partial charge in [0.1, 0.15) is 5.60 Å². The van der Waals surface area contributed by atoms with Crippen LogP contribution in [0.15, 0.2) is 54.6 Å². The van der Waals surface area contributed by atoms with Crippen LogP contribution in [-0.4, -0.2) is 18.2 Å². The van der Waals surface area contributed by atoms with Crippen molar-refractivity contribution < 1.29 is 9.53 Å². The second-order valence-electron chi connectivity index (χ2n) is 8.34. The maximum Gasteiger partial charge on any atom is 0.433 e. The predicted molar refractivity (Wildman–Crippen MR) is 114 cm³/mol. The van der Waals surface area contributed by atoms with Crippen LogP contribution < -0.4 is 15.8 Å². The van der Waals surface area contributed by atoms with Crippen molar-refractivity contribution in [1.82, 2.24) is 0 Å². The van der Waals surface area contributed by atoms with Gasteiger partial charge >= 0.3 is 6.09 Å². The van der Waals surface area contributed by atoms with E-state index in [-0.39, 0.29) is 0 Å². The first-order chi connectivity index (χ1) is 13.4. The van der Waals surface area contributed by atoms with Crippen LogP contribution in [0, 0.1) is 5.92 Å². The highest BCUT2D eigenvalue weighted by Gasteiger charge is 2.30. The van der Waals surface area contributed by atoms with Gasteiger partial charge in [-0.25, -0.2) is 4.79 Å². The van der Waals surface area contributed by atoms with Crippen molar-refractivity contribution in [2.24, 2.45) is 5.92 Å². The van der Waals surface area contributed by atoms with Crippen molar-refractivity contribution in [3.63, 3.8) is 0 Å². The lowest BCUT2D eigenvalue weighted by atomic mass is 9.96. The zero-order valence-corrected chi connectivity index (χ0v) is 16.7. The SMILES string of the molecule is CC(C)(C)OC(=O)N(Nc1ccc2c(c1)C(C1CC1)=CCN2)c1ccccc1. The maximum absolute atomic E-state index is 12.9. The second kappa shape index (κ2) is 7.23. The molecule has 5 nitrogen and oxygen atoms in total. The van der Waals surface area contributed by atoms with E-state index in [0.29, 0.717) is 5.92 Å². The summed E-state index contributed by atoms with van der Waals surface area (Å²) in [6.07, 6.45) is 4.37. The monoisotopic (exact) mass is 377 g/mol. The number of fused-ring (bicyclic) bond motifs is 1. The summed E-state index contributed by atoms with van der Waals surface area (Å²) >= 11 is 0. The molecule has 2 aliphatic rings. The van der Waals surface area contributed by atoms with Crippen molar-refractivity contribution in [2.75, 3.05) is 22.3 Å². The highest BCUT2D eigenvalue weighted by molar-refractivity contribution is 5.91. The third kappa shape index (κ3) is 4.14. The van der Waals surface area contributed by atoms with Crippen LogP contribution in [0.1, 0.15) is 39.2 Å². The number of allylic oxidation sites excluding steroid dienone is 1. The summed E-state index contributed by atoms with van der Waals surface area (Å²) in [7, 11) is 0. The quantitative estimate of drug-likeness (QED) is 0.674. The largest absolute Gasteiger partial charge is 0.442 e. The van der Waals surface area contributed by atoms with E-state index in [1.807, 2.05) is 57.2 Å². The van der Waals surface area contributed by atoms with Crippen LogP contribution in [0.3, 0.4) is 0 Å². The third-order valence-corrected chi connectivity index (χ3v) is 4.79. The molecule has 1 fully saturated rings. The lowest BCUT2D eigenvalue weighted by Gasteiger charge is -2.29. The molecule has 2 aromatic carbocycles. The van der Waals surface area contributed by atoms with E-state index in [4.69, 9.17) is 4.74 Å². The molecule has 1 amide bonds. The van der Waals surface area contributed by atoms with E-state index < -0.39 is 11.7 Å². The van der Waals surface area contributed by atoms with Gasteiger partial charge in [-0.1, -0.05) is 24.3 Å². The molecule has 0 bridgehead atoms. The van der Waals surface area contributed by atoms with Gasteiger partial charge in [-0.2, -0.15) is 5.01 Å². The van der Waals surface area contributed by atoms with Crippen LogP contribution in [0.4, 0.5) is 21.9 Å². The minimum Gasteiger partial charge on any atom is -0.442 e. The molecule has 1 saturated carbocycles. The Morgan fingerprint density at radius 2 is 1.89 bits per heavy atom. The van der Waals surface area contributed by atoms with Crippen molar-refractivity contribution >= 4 is 28.7 Å². The number of carbonyl (C=O) groups excluding carboxylic acids is 1. The lowest BCUT2D eigenvalue weighted by molar-refractivity contribution is 0.0589. The van der Waals surface area contributed by atoms with Crippen molar-refractivity contribution in [2.45, 2.75) is 39.2 Å². The number of amides is 1. The number of rotatable bonds is 4. The number of hydrogen-bond acceptors (Lipinski definition) is 4. The van der Waals surface area contributed by atoms with Crippen molar-refractivity contribution in [1.29, 1.82) is 0 Å². The summed E-state index contributed by atoms with van der Waals surface area (Å²) in [5, 5.41) is 4.89. The Morgan fingerprint density at radius 1 is 1.14 bits per heavy atom. The summed E-state index contributed by atoms with van der Waals surface area (Å²) in [6.45, 7) is 6.47. The molecule has 1 aliphatic heterocycles. The van der Waals surface area contributed by atoms with E-state index in [1.165, 1.54) is 29.0 Å². The molecule has 146 valence electrons. The molecule has 4 rings (SSSR count). The number of hydrogen-bond donors (Lipinski definition) is 2. The fourth-order valence-electron chi connectivity index (χ4n) is 3.40. The first kappa shape index (κ1) is 18.4. The van der Waals surface area contributed by atoms with E-state index in [1.54, 1.807) is 0 Å². The minimum absolute atomic E-state index is 0.437. The summed E-state index contributed by atoms with van der Waals surface area (Å²) in [5.74, 6) is 0.673. The first-order valence-corrected chi connectivity index (χ1v) is 9.84. The predicted octanol–water partition coefficient (Wildman–Crippen LogP) is 5.67. The fraction of sp³-hybridized carbons (Fsp3) is 0.348. The molecule has 0 spiro atoms. The number of ether oxygens (including phenoxy) is 1. The highest BCUT2D eigenvalue weighted by atomic mass is 16.6. The number of para-hydroxylation sites is 1. The molecule has 0 saturated heterocycles. The van der Waals surface area contributed by atoms with Gasteiger partial charge < -0.3 is 10.1 Å². The zero-order valence-electron chi connectivity index (χ0n) is 16.7. The van der Waals surface area contributed by atoms with Crippen LogP contribution in [-0.2, 0) is 4.74 Å². The molecule has 0 radical (unpaired) electrons. The van der Waals surface area contributed by atoms with Gasteiger partial charge in [0.05, 0.1) is 11.4 Å². The average Bonchev–Trinajstić information content (AvgIpc) is 3.50. The molecule has 0 aromatic heterocycles. The van der Waals surface area contributed by atoms with E-state index in [2.05, 4.69) is 29.0 Å². The van der Waals surface area contributed by atoms with Crippen molar-refractivity contribution in [3.05, 3.63) is 60.2 Å². The number of nitrogens with one attached hydrogen (secondary N) is 2. The molecule has 5 heteroatoms. The number of benzene rings is 2. The number of carbonyl (C=O) groups is 1. The number of hydrazine groups is 1. The fourth-order valence-corrected chi connectivity index (χ4v) is 3.40. The van der Waals surface area contributed by atoms with Crippen LogP contribution in [0.25, 0.3) is 5.57 Å². The molecular formula is C23H27N3O2. The molecular weight excluding hydrogens is 350 g/mol. The first-order valence-electron chi connectivity index (χ1n) is 9.84. The van der Waals surface area contributed by atoms with Crippen molar-refractivity contribution in [3.8, 4) is 0 Å². The van der Waals surface area contributed by atoms with Crippen LogP contribution in [0.2, 0.25) is 0 Å². The van der Waals surface area contributed by atoms with Gasteiger partial charge in [0, 0.05) is 17.8 Å². The minimum atomic E-state index is -0.576. The smallest absolute Gasteiger partial charge is 0.433 e. The van der Waals surface area contributed by atoms with E-state index in [0.717, 1.165) is 23.6 Å². The molecule has 2 N–H and O–H groups in total. The molecule has 1 heterocycles. The van der Waals surface area contributed by atoms with E-state index in [9.17, 15) is 4.79 Å². The van der Waals surface area contributed by atoms with E-state index >= 15 is 0 Å². The Hall–Kier alpha value is -2.95. The van der Waals surface area contributed by atoms with Gasteiger partial charge in [0.15, 0.2) is 0 Å². The summed E-state index contributed by atoms with van der Waals surface area (Å²) in [5.41, 5.74) is 8.04. The van der Waals surface area contributed by atoms with Crippen LogP contribution in [0.5, 0.6) is 0 Å². The Morgan fingerprint density at radius 3 is 2.57 bits per heavy atom. The molecule has 28 heavy (non-hydrogen) atoms. The number of anilines is 3. The Kier molecular flexibility index (Phi) is 4.75. The van der Waals surface area contributed by atoms with Gasteiger partial charge in [-0.15, -0.1) is 0 Å². The topological polar surface area (TPSA) is 53.6 Å². The second-order valence-corrected chi connectivity index (χ2v) is 8.34. The molecule has 0 atom stereocenters. The van der Waals surface area contributed by atoms with Gasteiger partial charge in [-0.3, -0.25) is 5.43 Å². The summed E-state index contributed by atoms with van der Waals surface area (Å²) in [6, 6.07) is 15.7. The lowest BCUT2D eigenvalue weighted by Crippen LogP contribution is -2.40. The summed E-state index contributed by atoms with van der Waals surface area (Å²) < 4.78 is 5.61. The normalized spacial score (nSPS) is 15.8.